The van der Waals surface area contributed by atoms with E-state index in [0.29, 0.717) is 0 Å². The maximum absolute atomic E-state index is 3.93. The summed E-state index contributed by atoms with van der Waals surface area (Å²) < 4.78 is 5.96. The fourth-order valence-corrected chi connectivity index (χ4v) is 0.283. The van der Waals surface area contributed by atoms with Gasteiger partial charge in [0, 0.05) is 35.8 Å². The van der Waals surface area contributed by atoms with Gasteiger partial charge in [-0.1, -0.05) is 0 Å². The highest BCUT2D eigenvalue weighted by molar-refractivity contribution is 14.1. The van der Waals surface area contributed by atoms with Crippen LogP contribution in [0.1, 0.15) is 0 Å². The van der Waals surface area contributed by atoms with Crippen molar-refractivity contribution in [3.8, 4) is 0 Å². The highest BCUT2D eigenvalue weighted by Gasteiger charge is 1.64. The Morgan fingerprint density at radius 1 is 1.80 bits per heavy atom. The van der Waals surface area contributed by atoms with Gasteiger partial charge in [-0.25, -0.2) is 0 Å². The summed E-state index contributed by atoms with van der Waals surface area (Å²) in [6, 6.07) is 0. The van der Waals surface area contributed by atoms with Crippen LogP contribution in [0.4, 0.5) is 0 Å². The normalized spacial score (nSPS) is 8.40. The summed E-state index contributed by atoms with van der Waals surface area (Å²) >= 11 is 4.95. The van der Waals surface area contributed by atoms with E-state index in [1.165, 1.54) is 0 Å². The molecule has 0 aliphatic heterocycles. The average molecular weight is 207 g/mol. The summed E-state index contributed by atoms with van der Waals surface area (Å²) in [6.45, 7) is 0. The van der Waals surface area contributed by atoms with Crippen molar-refractivity contribution in [2.24, 2.45) is 0 Å². The van der Waals surface area contributed by atoms with E-state index in [-0.39, 0.29) is 0 Å². The fourth-order valence-electron chi connectivity index (χ4n) is 0.0141. The second kappa shape index (κ2) is 4.96. The molecular weight excluding hydrogens is 205 g/mol. The Bertz CT molecular complexity index is 17.1. The Balaban J connectivity index is 2.19. The molecule has 5 heteroatoms. The minimum absolute atomic E-state index is 1.74. The van der Waals surface area contributed by atoms with Crippen LogP contribution in [0.3, 0.4) is 0 Å². The molecule has 0 amide bonds. The van der Waals surface area contributed by atoms with Crippen molar-refractivity contribution >= 4 is 35.8 Å². The summed E-state index contributed by atoms with van der Waals surface area (Å²) in [7, 11) is 0. The van der Waals surface area contributed by atoms with Crippen LogP contribution in [0.15, 0.2) is 0 Å². The number of nitrogens with one attached hydrogen (secondary N) is 1. The molecule has 32 valence electrons. The molecule has 3 nitrogen and oxygen atoms in total. The first-order chi connectivity index (χ1) is 2.41. The zero-order chi connectivity index (χ0) is 4.12. The van der Waals surface area contributed by atoms with Crippen molar-refractivity contribution in [3.63, 3.8) is 0 Å². The number of thiol groups is 1. The van der Waals surface area contributed by atoms with Crippen molar-refractivity contribution in [1.82, 2.24) is 3.69 Å². The lowest BCUT2D eigenvalue weighted by Crippen LogP contribution is -1.92. The molecule has 1 N–H and O–H groups in total. The number of halogens is 1. The molecule has 0 atom stereocenters. The van der Waals surface area contributed by atoms with E-state index in [1.807, 2.05) is 0 Å². The van der Waals surface area contributed by atoms with E-state index in [0.717, 1.165) is 0 Å². The van der Waals surface area contributed by atoms with Gasteiger partial charge in [0.1, 0.15) is 0 Å². The Kier molecular flexibility index (Phi) is 5.91. The summed E-state index contributed by atoms with van der Waals surface area (Å²) in [5, 5.41) is 0. The molecule has 0 fully saturated rings. The van der Waals surface area contributed by atoms with Crippen molar-refractivity contribution in [2.75, 3.05) is 0 Å². The Morgan fingerprint density at radius 2 is 2.40 bits per heavy atom. The van der Waals surface area contributed by atoms with E-state index >= 15 is 0 Å². The summed E-state index contributed by atoms with van der Waals surface area (Å²) in [6.07, 6.45) is 0. The van der Waals surface area contributed by atoms with E-state index in [1.54, 1.807) is 22.9 Å². The SMILES string of the molecule is SOONI. The molecule has 5 heavy (non-hydrogen) atoms. The Hall–Kier alpha value is 0.960. The lowest BCUT2D eigenvalue weighted by atomic mass is 13.5. The lowest BCUT2D eigenvalue weighted by Gasteiger charge is -1.83. The van der Waals surface area contributed by atoms with Gasteiger partial charge >= 0.3 is 0 Å². The van der Waals surface area contributed by atoms with Crippen LogP contribution in [0.25, 0.3) is 0 Å². The molecule has 0 saturated heterocycles. The van der Waals surface area contributed by atoms with Crippen LogP contribution >= 0.6 is 35.8 Å². The smallest absolute Gasteiger partial charge is 0.0489 e. The quantitative estimate of drug-likeness (QED) is 0.174. The average Bonchev–Trinajstić information content (AvgIpc) is 1.41. The van der Waals surface area contributed by atoms with Gasteiger partial charge in [0.2, 0.25) is 0 Å². The molecule has 0 bridgehead atoms. The van der Waals surface area contributed by atoms with Crippen LogP contribution in [0.2, 0.25) is 0 Å². The van der Waals surface area contributed by atoms with Crippen molar-refractivity contribution in [3.05, 3.63) is 0 Å². The first kappa shape index (κ1) is 5.96. The first-order valence-corrected chi connectivity index (χ1v) is 2.19. The third-order valence-electron chi connectivity index (χ3n) is 0.0688. The number of rotatable bonds is 2. The first-order valence-electron chi connectivity index (χ1n) is 0.742. The second-order valence-electron chi connectivity index (χ2n) is 0.235. The van der Waals surface area contributed by atoms with Gasteiger partial charge in [-0.2, -0.15) is 0 Å². The summed E-state index contributed by atoms with van der Waals surface area (Å²) in [5.74, 6) is 0. The van der Waals surface area contributed by atoms with Gasteiger partial charge in [0.25, 0.3) is 0 Å². The fraction of sp³-hybridized carbons (Fsp3) is 0. The predicted octanol–water partition coefficient (Wildman–Crippen LogP) is 0.634. The molecule has 0 aliphatic rings. The van der Waals surface area contributed by atoms with Crippen LogP contribution in [0, 0.1) is 0 Å². The molecular formula is H2INO2S. The van der Waals surface area contributed by atoms with Gasteiger partial charge in [0.05, 0.1) is 0 Å². The minimum atomic E-state index is 1.74. The van der Waals surface area contributed by atoms with Crippen molar-refractivity contribution in [2.45, 2.75) is 0 Å². The van der Waals surface area contributed by atoms with E-state index < -0.39 is 0 Å². The zero-order valence-corrected chi connectivity index (χ0v) is 5.19. The minimum Gasteiger partial charge on any atom is -0.147 e. The highest BCUT2D eigenvalue weighted by atomic mass is 127. The standard InChI is InChI=1S/H2INO2S/c1-2-3-4-5/h2,5H. The Morgan fingerprint density at radius 3 is 2.40 bits per heavy atom. The molecule has 0 aliphatic carbocycles. The zero-order valence-electron chi connectivity index (χ0n) is 2.14. The van der Waals surface area contributed by atoms with Crippen molar-refractivity contribution in [1.29, 1.82) is 0 Å². The highest BCUT2D eigenvalue weighted by Crippen LogP contribution is 1.76. The van der Waals surface area contributed by atoms with Crippen LogP contribution in [-0.4, -0.2) is 0 Å². The largest absolute Gasteiger partial charge is 0.147 e. The van der Waals surface area contributed by atoms with E-state index in [9.17, 15) is 0 Å². The third-order valence-corrected chi connectivity index (χ3v) is 0.323. The van der Waals surface area contributed by atoms with Crippen LogP contribution in [-0.2, 0) is 9.32 Å². The molecule has 0 spiro atoms. The number of hydrogen-bond donors (Lipinski definition) is 2. The molecule has 0 saturated carbocycles. The van der Waals surface area contributed by atoms with Gasteiger partial charge in [-0.15, -0.1) is 13.0 Å². The van der Waals surface area contributed by atoms with Crippen LogP contribution in [0.5, 0.6) is 0 Å². The monoisotopic (exact) mass is 207 g/mol. The maximum atomic E-state index is 3.93. The molecule has 0 radical (unpaired) electrons. The van der Waals surface area contributed by atoms with E-state index in [2.05, 4.69) is 25.9 Å². The number of hydrogen-bond acceptors (Lipinski definition) is 4. The third kappa shape index (κ3) is 4.96. The second-order valence-corrected chi connectivity index (χ2v) is 0.824. The van der Waals surface area contributed by atoms with Gasteiger partial charge in [-0.05, 0) is 0 Å². The van der Waals surface area contributed by atoms with Crippen LogP contribution < -0.4 is 3.69 Å². The molecule has 0 aromatic carbocycles. The molecule has 0 aromatic rings. The predicted molar refractivity (Wildman–Crippen MR) is 28.3 cm³/mol. The topological polar surface area (TPSA) is 30.5 Å². The van der Waals surface area contributed by atoms with Gasteiger partial charge in [0.15, 0.2) is 0 Å². The van der Waals surface area contributed by atoms with Gasteiger partial charge in [-0.3, -0.25) is 0 Å². The lowest BCUT2D eigenvalue weighted by molar-refractivity contribution is -0.207. The molecule has 0 heterocycles. The Labute approximate surface area is 49.0 Å². The maximum Gasteiger partial charge on any atom is 0.0489 e. The summed E-state index contributed by atoms with van der Waals surface area (Å²) in [4.78, 5) is 3.93. The van der Waals surface area contributed by atoms with Crippen molar-refractivity contribution < 1.29 is 9.32 Å². The molecule has 0 unspecified atom stereocenters. The van der Waals surface area contributed by atoms with Gasteiger partial charge < -0.3 is 0 Å². The molecule has 0 rings (SSSR count). The molecule has 0 aromatic heterocycles. The summed E-state index contributed by atoms with van der Waals surface area (Å²) in [5.41, 5.74) is 0. The van der Waals surface area contributed by atoms with E-state index in [4.69, 9.17) is 0 Å².